The first-order valence-corrected chi connectivity index (χ1v) is 6.27. The number of benzene rings is 1. The Morgan fingerprint density at radius 1 is 1.12 bits per heavy atom. The number of nitrogens with zero attached hydrogens (tertiary/aromatic N) is 1. The summed E-state index contributed by atoms with van der Waals surface area (Å²) in [6.45, 7) is 0. The van der Waals surface area contributed by atoms with Gasteiger partial charge in [0.05, 0.1) is 0 Å². The fourth-order valence-corrected chi connectivity index (χ4v) is 1.64. The molecule has 0 spiro atoms. The van der Waals surface area contributed by atoms with Gasteiger partial charge in [-0.1, -0.05) is 18.2 Å². The predicted molar refractivity (Wildman–Crippen MR) is 54.2 cm³/mol. The number of rotatable bonds is 3. The maximum absolute atomic E-state index is 10.5. The molecule has 0 unspecified atom stereocenters. The first-order valence-electron chi connectivity index (χ1n) is 4.54. The zero-order valence-corrected chi connectivity index (χ0v) is 9.09. The summed E-state index contributed by atoms with van der Waals surface area (Å²) in [4.78, 5) is 35.5. The first kappa shape index (κ1) is 11.2. The summed E-state index contributed by atoms with van der Waals surface area (Å²) < 4.78 is 4.93. The van der Waals surface area contributed by atoms with Crippen LogP contribution >= 0.6 is 7.94 Å². The van der Waals surface area contributed by atoms with E-state index in [2.05, 4.69) is 4.98 Å². The molecule has 2 aromatic rings. The highest BCUT2D eigenvalue weighted by molar-refractivity contribution is 7.54. The lowest BCUT2D eigenvalue weighted by atomic mass is 10.2. The molecule has 84 valence electrons. The Morgan fingerprint density at radius 3 is 2.62 bits per heavy atom. The van der Waals surface area contributed by atoms with Gasteiger partial charge in [0.25, 0.3) is 0 Å². The quantitative estimate of drug-likeness (QED) is 0.665. The molecule has 0 radical (unpaired) electrons. The van der Waals surface area contributed by atoms with Crippen LogP contribution in [0.15, 0.2) is 36.5 Å². The van der Waals surface area contributed by atoms with Crippen LogP contribution in [0.2, 0.25) is 0 Å². The molecule has 6 heteroatoms. The molecule has 0 aliphatic heterocycles. The van der Waals surface area contributed by atoms with Gasteiger partial charge in [0, 0.05) is 11.6 Å². The van der Waals surface area contributed by atoms with Crippen molar-refractivity contribution >= 4 is 18.8 Å². The van der Waals surface area contributed by atoms with Crippen molar-refractivity contribution in [1.82, 2.24) is 4.98 Å². The topological polar surface area (TPSA) is 91.3 Å². The Balaban J connectivity index is 2.30. The summed E-state index contributed by atoms with van der Waals surface area (Å²) in [6.07, 6.45) is 0.714. The summed E-state index contributed by atoms with van der Waals surface area (Å²) >= 11 is 0. The molecule has 5 nitrogen and oxygen atoms in total. The molecule has 0 saturated carbocycles. The smallest absolute Gasteiger partial charge is 0.179 e. The van der Waals surface area contributed by atoms with Gasteiger partial charge < -0.3 is 19.4 Å². The van der Waals surface area contributed by atoms with E-state index in [1.54, 1.807) is 24.4 Å². The lowest BCUT2D eigenvalue weighted by molar-refractivity contribution is -0.430. The summed E-state index contributed by atoms with van der Waals surface area (Å²) in [5.41, 5.74) is 0.540. The molecule has 0 bridgehead atoms. The number of hydrogen-bond donors (Lipinski definition) is 0. The molecule has 0 N–H and O–H groups in total. The lowest BCUT2D eigenvalue weighted by Crippen LogP contribution is -2.36. The fourth-order valence-electron chi connectivity index (χ4n) is 1.34. The summed E-state index contributed by atoms with van der Waals surface area (Å²) in [5.74, 6) is 0.296. The summed E-state index contributed by atoms with van der Waals surface area (Å²) in [7, 11) is -4.66. The van der Waals surface area contributed by atoms with E-state index >= 15 is 0 Å². The van der Waals surface area contributed by atoms with Crippen molar-refractivity contribution in [2.45, 2.75) is 0 Å². The van der Waals surface area contributed by atoms with Crippen LogP contribution in [0, 0.1) is 0 Å². The van der Waals surface area contributed by atoms with Gasteiger partial charge in [0.1, 0.15) is 11.3 Å². The highest BCUT2D eigenvalue weighted by atomic mass is 31.2. The molecule has 1 aromatic carbocycles. The molecular formula is C10H8NO4P-2. The van der Waals surface area contributed by atoms with Crippen molar-refractivity contribution in [2.24, 2.45) is 0 Å². The number of ether oxygens (including phenoxy) is 1. The van der Waals surface area contributed by atoms with Crippen LogP contribution < -0.4 is 19.4 Å². The van der Waals surface area contributed by atoms with Gasteiger partial charge in [0.15, 0.2) is 6.35 Å². The molecule has 0 aliphatic rings. The third-order valence-corrected chi connectivity index (χ3v) is 2.42. The number of fused-ring (bicyclic) bond motifs is 1. The number of hydrogen-bond acceptors (Lipinski definition) is 5. The summed E-state index contributed by atoms with van der Waals surface area (Å²) in [5, 5.41) is 0.826. The highest BCUT2D eigenvalue weighted by Gasteiger charge is 2.04. The van der Waals surface area contributed by atoms with Gasteiger partial charge in [-0.3, -0.25) is 4.98 Å². The van der Waals surface area contributed by atoms with Crippen LogP contribution in [0.4, 0.5) is 0 Å². The average Bonchev–Trinajstić information content (AvgIpc) is 2.25. The minimum Gasteiger partial charge on any atom is -0.685 e. The molecule has 16 heavy (non-hydrogen) atoms. The number of aromatic nitrogens is 1. The van der Waals surface area contributed by atoms with E-state index in [1.165, 1.54) is 0 Å². The van der Waals surface area contributed by atoms with Crippen LogP contribution in [0.3, 0.4) is 0 Å². The SMILES string of the molecule is [O-][P+]([O-])([O-])COc1cccc2cccnc12. The maximum Gasteiger partial charge on any atom is 0.179 e. The van der Waals surface area contributed by atoms with E-state index in [4.69, 9.17) is 4.74 Å². The van der Waals surface area contributed by atoms with Crippen molar-refractivity contribution in [3.05, 3.63) is 36.5 Å². The molecular weight excluding hydrogens is 229 g/mol. The van der Waals surface area contributed by atoms with Crippen LogP contribution in [0.25, 0.3) is 10.9 Å². The van der Waals surface area contributed by atoms with Crippen LogP contribution in [-0.4, -0.2) is 11.3 Å². The Labute approximate surface area is 92.5 Å². The second-order valence-electron chi connectivity index (χ2n) is 3.22. The van der Waals surface area contributed by atoms with Gasteiger partial charge in [-0.15, -0.1) is 7.94 Å². The zero-order valence-electron chi connectivity index (χ0n) is 8.20. The van der Waals surface area contributed by atoms with E-state index in [9.17, 15) is 14.7 Å². The molecule has 2 rings (SSSR count). The standard InChI is InChI=1S/C10H10NO4P/c12-16(13,14)7-15-9-5-1-3-8-4-2-6-11-10(8)9/h1-6H,7H2,(H2,12,13,14)/p-2. The second-order valence-corrected chi connectivity index (χ2v) is 4.70. The summed E-state index contributed by atoms with van der Waals surface area (Å²) in [6, 6.07) is 8.69. The van der Waals surface area contributed by atoms with Gasteiger partial charge >= 0.3 is 0 Å². The maximum atomic E-state index is 10.5. The van der Waals surface area contributed by atoms with Gasteiger partial charge in [-0.25, -0.2) is 0 Å². The molecule has 0 aliphatic carbocycles. The molecule has 0 amide bonds. The third kappa shape index (κ3) is 2.65. The van der Waals surface area contributed by atoms with E-state index in [-0.39, 0.29) is 0 Å². The number of para-hydroxylation sites is 1. The van der Waals surface area contributed by atoms with Crippen molar-refractivity contribution in [3.8, 4) is 5.75 Å². The molecule has 0 saturated heterocycles. The Bertz CT molecular complexity index is 492. The van der Waals surface area contributed by atoms with Crippen molar-refractivity contribution < 1.29 is 19.4 Å². The van der Waals surface area contributed by atoms with Crippen molar-refractivity contribution in [1.29, 1.82) is 0 Å². The van der Waals surface area contributed by atoms with Crippen LogP contribution in [0.5, 0.6) is 5.75 Å². The van der Waals surface area contributed by atoms with Crippen LogP contribution in [0.1, 0.15) is 0 Å². The van der Waals surface area contributed by atoms with E-state index < -0.39 is 14.3 Å². The molecule has 1 heterocycles. The highest BCUT2D eigenvalue weighted by Crippen LogP contribution is 2.30. The molecule has 0 atom stereocenters. The predicted octanol–water partition coefficient (Wildman–Crippen LogP) is -0.585. The van der Waals surface area contributed by atoms with Gasteiger partial charge in [-0.2, -0.15) is 0 Å². The van der Waals surface area contributed by atoms with Crippen molar-refractivity contribution in [2.75, 3.05) is 6.35 Å². The van der Waals surface area contributed by atoms with Gasteiger partial charge in [-0.05, 0) is 12.1 Å². The zero-order chi connectivity index (χ0) is 11.6. The van der Waals surface area contributed by atoms with Crippen LogP contribution in [-0.2, 0) is 0 Å². The van der Waals surface area contributed by atoms with Gasteiger partial charge in [0.2, 0.25) is 0 Å². The normalized spacial score (nSPS) is 11.7. The third-order valence-electron chi connectivity index (χ3n) is 1.97. The number of pyridine rings is 1. The minimum absolute atomic E-state index is 0.296. The largest absolute Gasteiger partial charge is 0.685 e. The Hall–Kier alpha value is -1.26. The Kier molecular flexibility index (Phi) is 3.03. The first-order chi connectivity index (χ1) is 7.56. The minimum atomic E-state index is -4.66. The van der Waals surface area contributed by atoms with E-state index in [0.717, 1.165) is 5.39 Å². The molecule has 0 fully saturated rings. The van der Waals surface area contributed by atoms with E-state index in [1.807, 2.05) is 12.1 Å². The second kappa shape index (κ2) is 4.31. The molecule has 1 aromatic heterocycles. The average molecular weight is 237 g/mol. The monoisotopic (exact) mass is 237 g/mol. The van der Waals surface area contributed by atoms with E-state index in [0.29, 0.717) is 11.3 Å². The van der Waals surface area contributed by atoms with Crippen molar-refractivity contribution in [3.63, 3.8) is 0 Å². The Morgan fingerprint density at radius 2 is 1.88 bits per heavy atom. The lowest BCUT2D eigenvalue weighted by Gasteiger charge is -2.40. The fraction of sp³-hybridized carbons (Fsp3) is 0.100.